The van der Waals surface area contributed by atoms with Crippen molar-refractivity contribution in [1.29, 1.82) is 0 Å². The number of aromatic nitrogens is 2. The Kier molecular flexibility index (Phi) is 5.00. The molecule has 1 saturated heterocycles. The number of hydrogen-bond acceptors (Lipinski definition) is 3. The maximum atomic E-state index is 13.1. The zero-order valence-electron chi connectivity index (χ0n) is 13.1. The third-order valence-electron chi connectivity index (χ3n) is 4.27. The number of aromatic amines is 1. The summed E-state index contributed by atoms with van der Waals surface area (Å²) >= 11 is 1.56. The molecule has 1 atom stereocenters. The molecule has 4 nitrogen and oxygen atoms in total. The van der Waals surface area contributed by atoms with Crippen molar-refractivity contribution in [3.05, 3.63) is 42.0 Å². The summed E-state index contributed by atoms with van der Waals surface area (Å²) in [5.41, 5.74) is 2.98. The molecule has 1 aliphatic heterocycles. The number of thioether (sulfide) groups is 1. The standard InChI is InChI=1S/C17H20FN3OS/c1-23-11-16(22)21-8-2-3-13(10-21)17-15(9-19-20-17)12-4-6-14(18)7-5-12/h4-7,9,13H,2-3,8,10-11H2,1H3,(H,19,20). The summed E-state index contributed by atoms with van der Waals surface area (Å²) in [7, 11) is 0. The Labute approximate surface area is 139 Å². The van der Waals surface area contributed by atoms with E-state index < -0.39 is 0 Å². The molecule has 122 valence electrons. The van der Waals surface area contributed by atoms with Gasteiger partial charge in [-0.25, -0.2) is 4.39 Å². The number of rotatable bonds is 4. The van der Waals surface area contributed by atoms with Crippen LogP contribution in [0.15, 0.2) is 30.5 Å². The highest BCUT2D eigenvalue weighted by Gasteiger charge is 2.27. The van der Waals surface area contributed by atoms with Crippen molar-refractivity contribution in [3.63, 3.8) is 0 Å². The van der Waals surface area contributed by atoms with Crippen molar-refractivity contribution in [2.75, 3.05) is 25.1 Å². The molecule has 0 bridgehead atoms. The summed E-state index contributed by atoms with van der Waals surface area (Å²) < 4.78 is 13.1. The monoisotopic (exact) mass is 333 g/mol. The van der Waals surface area contributed by atoms with Gasteiger partial charge in [0.05, 0.1) is 11.9 Å². The van der Waals surface area contributed by atoms with Crippen LogP contribution in [0.5, 0.6) is 0 Å². The average Bonchev–Trinajstić information content (AvgIpc) is 3.05. The van der Waals surface area contributed by atoms with E-state index in [1.807, 2.05) is 11.2 Å². The summed E-state index contributed by atoms with van der Waals surface area (Å²) in [6.45, 7) is 1.55. The first kappa shape index (κ1) is 16.1. The van der Waals surface area contributed by atoms with Crippen molar-refractivity contribution in [3.8, 4) is 11.1 Å². The lowest BCUT2D eigenvalue weighted by molar-refractivity contribution is -0.129. The van der Waals surface area contributed by atoms with Gasteiger partial charge >= 0.3 is 0 Å². The number of amides is 1. The highest BCUT2D eigenvalue weighted by molar-refractivity contribution is 7.99. The minimum atomic E-state index is -0.245. The molecular weight excluding hydrogens is 313 g/mol. The number of piperidine rings is 1. The Morgan fingerprint density at radius 3 is 2.96 bits per heavy atom. The summed E-state index contributed by atoms with van der Waals surface area (Å²) in [5.74, 6) is 0.730. The smallest absolute Gasteiger partial charge is 0.232 e. The molecule has 0 saturated carbocycles. The van der Waals surface area contributed by atoms with Gasteiger partial charge in [-0.2, -0.15) is 16.9 Å². The van der Waals surface area contributed by atoms with Crippen molar-refractivity contribution in [2.45, 2.75) is 18.8 Å². The fourth-order valence-corrected chi connectivity index (χ4v) is 3.55. The molecule has 2 heterocycles. The Morgan fingerprint density at radius 1 is 1.43 bits per heavy atom. The number of carbonyl (C=O) groups excluding carboxylic acids is 1. The van der Waals surface area contributed by atoms with Crippen LogP contribution in [-0.4, -0.2) is 46.1 Å². The van der Waals surface area contributed by atoms with Gasteiger partial charge in [0, 0.05) is 30.3 Å². The second kappa shape index (κ2) is 7.17. The van der Waals surface area contributed by atoms with E-state index in [9.17, 15) is 9.18 Å². The zero-order valence-corrected chi connectivity index (χ0v) is 13.9. The molecule has 1 amide bonds. The molecule has 1 aromatic heterocycles. The number of benzene rings is 1. The van der Waals surface area contributed by atoms with Crippen molar-refractivity contribution in [2.24, 2.45) is 0 Å². The average molecular weight is 333 g/mol. The number of halogens is 1. The van der Waals surface area contributed by atoms with Gasteiger partial charge in [-0.05, 0) is 36.8 Å². The normalized spacial score (nSPS) is 18.2. The van der Waals surface area contributed by atoms with E-state index in [-0.39, 0.29) is 17.6 Å². The lowest BCUT2D eigenvalue weighted by Crippen LogP contribution is -2.40. The molecule has 1 unspecified atom stereocenters. The van der Waals surface area contributed by atoms with Crippen LogP contribution < -0.4 is 0 Å². The summed E-state index contributed by atoms with van der Waals surface area (Å²) in [6, 6.07) is 6.45. The Balaban J connectivity index is 1.81. The molecule has 1 aliphatic rings. The first-order chi connectivity index (χ1) is 11.2. The predicted octanol–water partition coefficient (Wildman–Crippen LogP) is 3.28. The molecule has 0 spiro atoms. The van der Waals surface area contributed by atoms with Gasteiger partial charge < -0.3 is 4.90 Å². The second-order valence-corrected chi connectivity index (χ2v) is 6.68. The SMILES string of the molecule is CSCC(=O)N1CCCC(c2[nH]ncc2-c2ccc(F)cc2)C1. The third kappa shape index (κ3) is 3.58. The van der Waals surface area contributed by atoms with Gasteiger partial charge in [0.2, 0.25) is 5.91 Å². The van der Waals surface area contributed by atoms with Gasteiger partial charge in [0.1, 0.15) is 5.82 Å². The van der Waals surface area contributed by atoms with Crippen molar-refractivity contribution >= 4 is 17.7 Å². The van der Waals surface area contributed by atoms with Crippen LogP contribution in [0.1, 0.15) is 24.5 Å². The molecule has 1 aromatic carbocycles. The topological polar surface area (TPSA) is 49.0 Å². The second-order valence-electron chi connectivity index (χ2n) is 5.82. The minimum Gasteiger partial charge on any atom is -0.341 e. The largest absolute Gasteiger partial charge is 0.341 e. The first-order valence-electron chi connectivity index (χ1n) is 7.75. The number of H-pyrrole nitrogens is 1. The maximum absolute atomic E-state index is 13.1. The number of hydrogen-bond donors (Lipinski definition) is 1. The predicted molar refractivity (Wildman–Crippen MR) is 90.9 cm³/mol. The van der Waals surface area contributed by atoms with Gasteiger partial charge in [-0.3, -0.25) is 9.89 Å². The number of nitrogens with zero attached hydrogens (tertiary/aromatic N) is 2. The van der Waals surface area contributed by atoms with E-state index in [1.54, 1.807) is 30.1 Å². The van der Waals surface area contributed by atoms with E-state index in [1.165, 1.54) is 12.1 Å². The molecular formula is C17H20FN3OS. The van der Waals surface area contributed by atoms with Crippen LogP contribution >= 0.6 is 11.8 Å². The Morgan fingerprint density at radius 2 is 2.22 bits per heavy atom. The van der Waals surface area contributed by atoms with Crippen molar-refractivity contribution < 1.29 is 9.18 Å². The minimum absolute atomic E-state index is 0.199. The molecule has 1 N–H and O–H groups in total. The lowest BCUT2D eigenvalue weighted by atomic mass is 9.90. The van der Waals surface area contributed by atoms with E-state index in [4.69, 9.17) is 0 Å². The number of nitrogens with one attached hydrogen (secondary N) is 1. The lowest BCUT2D eigenvalue weighted by Gasteiger charge is -2.32. The van der Waals surface area contributed by atoms with Crippen LogP contribution in [0.25, 0.3) is 11.1 Å². The third-order valence-corrected chi connectivity index (χ3v) is 4.81. The van der Waals surface area contributed by atoms with E-state index in [0.29, 0.717) is 5.75 Å². The fraction of sp³-hybridized carbons (Fsp3) is 0.412. The molecule has 3 rings (SSSR count). The van der Waals surface area contributed by atoms with Crippen molar-refractivity contribution in [1.82, 2.24) is 15.1 Å². The van der Waals surface area contributed by atoms with Gasteiger partial charge in [-0.1, -0.05) is 12.1 Å². The maximum Gasteiger partial charge on any atom is 0.232 e. The summed E-state index contributed by atoms with van der Waals surface area (Å²) in [5, 5.41) is 7.27. The fourth-order valence-electron chi connectivity index (χ4n) is 3.12. The van der Waals surface area contributed by atoms with Crippen LogP contribution in [0, 0.1) is 5.82 Å². The van der Waals surface area contributed by atoms with Crippen LogP contribution in [0.2, 0.25) is 0 Å². The Hall–Kier alpha value is -1.82. The molecule has 23 heavy (non-hydrogen) atoms. The Bertz CT molecular complexity index is 671. The summed E-state index contributed by atoms with van der Waals surface area (Å²) in [4.78, 5) is 14.1. The van der Waals surface area contributed by atoms with Gasteiger partial charge in [0.15, 0.2) is 0 Å². The molecule has 2 aromatic rings. The molecule has 0 radical (unpaired) electrons. The van der Waals surface area contributed by atoms with Crippen LogP contribution in [-0.2, 0) is 4.79 Å². The number of carbonyl (C=O) groups is 1. The van der Waals surface area contributed by atoms with Crippen LogP contribution in [0.4, 0.5) is 4.39 Å². The molecule has 0 aliphatic carbocycles. The first-order valence-corrected chi connectivity index (χ1v) is 9.14. The zero-order chi connectivity index (χ0) is 16.2. The summed E-state index contributed by atoms with van der Waals surface area (Å²) in [6.07, 6.45) is 5.75. The highest BCUT2D eigenvalue weighted by atomic mass is 32.2. The van der Waals surface area contributed by atoms with E-state index >= 15 is 0 Å². The highest BCUT2D eigenvalue weighted by Crippen LogP contribution is 2.33. The van der Waals surface area contributed by atoms with Gasteiger partial charge in [0.25, 0.3) is 0 Å². The molecule has 6 heteroatoms. The number of likely N-dealkylation sites (tertiary alicyclic amines) is 1. The van der Waals surface area contributed by atoms with E-state index in [0.717, 1.165) is 42.8 Å². The molecule has 1 fully saturated rings. The van der Waals surface area contributed by atoms with Gasteiger partial charge in [-0.15, -0.1) is 0 Å². The van der Waals surface area contributed by atoms with E-state index in [2.05, 4.69) is 10.2 Å². The quantitative estimate of drug-likeness (QED) is 0.934. The van der Waals surface area contributed by atoms with Crippen LogP contribution in [0.3, 0.4) is 0 Å².